The van der Waals surface area contributed by atoms with Crippen LogP contribution in [0.3, 0.4) is 0 Å². The lowest BCUT2D eigenvalue weighted by Gasteiger charge is -2.47. The fraction of sp³-hybridized carbons (Fsp3) is 0.462. The van der Waals surface area contributed by atoms with Crippen molar-refractivity contribution in [1.82, 2.24) is 0 Å². The SMILES string of the molecule is CCC(CC)C1=CC2(c3ccc4c(c3-c3ccc5cc(C(C)C)ccc5c32)C(C)(C)C2=C4C(C)(C)c3ccccc32)C(C(C)C)C(C(CC)CC)=C1. The first-order valence-corrected chi connectivity index (χ1v) is 20.8. The Morgan fingerprint density at radius 3 is 1.92 bits per heavy atom. The number of hydrogen-bond acceptors (Lipinski definition) is 0. The highest BCUT2D eigenvalue weighted by Crippen LogP contribution is 2.69. The van der Waals surface area contributed by atoms with Crippen LogP contribution in [0.2, 0.25) is 0 Å². The van der Waals surface area contributed by atoms with Crippen LogP contribution < -0.4 is 0 Å². The van der Waals surface area contributed by atoms with Crippen LogP contribution in [-0.2, 0) is 16.2 Å². The molecule has 0 nitrogen and oxygen atoms in total. The smallest absolute Gasteiger partial charge is 0.0474 e. The quantitative estimate of drug-likeness (QED) is 0.173. The van der Waals surface area contributed by atoms with Crippen LogP contribution in [0.15, 0.2) is 90.0 Å². The Bertz CT molecular complexity index is 2200. The van der Waals surface area contributed by atoms with Crippen LogP contribution in [0.25, 0.3) is 33.0 Å². The Morgan fingerprint density at radius 2 is 1.27 bits per heavy atom. The van der Waals surface area contributed by atoms with E-state index in [1.54, 1.807) is 39.0 Å². The first-order valence-electron chi connectivity index (χ1n) is 20.8. The zero-order valence-electron chi connectivity index (χ0n) is 34.2. The van der Waals surface area contributed by atoms with Crippen LogP contribution in [-0.4, -0.2) is 0 Å². The van der Waals surface area contributed by atoms with Gasteiger partial charge in [0, 0.05) is 22.2 Å². The molecule has 0 amide bonds. The summed E-state index contributed by atoms with van der Waals surface area (Å²) in [6.07, 6.45) is 10.3. The van der Waals surface area contributed by atoms with E-state index in [1.807, 2.05) is 0 Å². The van der Waals surface area contributed by atoms with Crippen molar-refractivity contribution in [2.75, 3.05) is 0 Å². The van der Waals surface area contributed by atoms with E-state index < -0.39 is 0 Å². The summed E-state index contributed by atoms with van der Waals surface area (Å²) in [6, 6.07) is 26.9. The summed E-state index contributed by atoms with van der Waals surface area (Å²) in [7, 11) is 0. The van der Waals surface area contributed by atoms with Crippen molar-refractivity contribution in [2.45, 2.75) is 131 Å². The van der Waals surface area contributed by atoms with Gasteiger partial charge in [0.15, 0.2) is 0 Å². The summed E-state index contributed by atoms with van der Waals surface area (Å²) in [6.45, 7) is 29.4. The van der Waals surface area contributed by atoms with Crippen molar-refractivity contribution >= 4 is 21.9 Å². The molecule has 0 bridgehead atoms. The van der Waals surface area contributed by atoms with Crippen LogP contribution in [0.4, 0.5) is 0 Å². The van der Waals surface area contributed by atoms with Gasteiger partial charge in [0.05, 0.1) is 0 Å². The van der Waals surface area contributed by atoms with Gasteiger partial charge in [-0.15, -0.1) is 0 Å². The highest BCUT2D eigenvalue weighted by molar-refractivity contribution is 6.12. The lowest BCUT2D eigenvalue weighted by atomic mass is 9.55. The van der Waals surface area contributed by atoms with Crippen molar-refractivity contribution in [3.05, 3.63) is 129 Å². The average molecular weight is 687 g/mol. The van der Waals surface area contributed by atoms with Crippen LogP contribution >= 0.6 is 0 Å². The molecule has 8 rings (SSSR count). The van der Waals surface area contributed by atoms with E-state index in [-0.39, 0.29) is 16.2 Å². The van der Waals surface area contributed by atoms with Gasteiger partial charge in [-0.2, -0.15) is 0 Å². The molecule has 0 saturated heterocycles. The third-order valence-corrected chi connectivity index (χ3v) is 14.5. The van der Waals surface area contributed by atoms with Gasteiger partial charge in [-0.25, -0.2) is 0 Å². The predicted molar refractivity (Wildman–Crippen MR) is 226 cm³/mol. The number of hydrogen-bond donors (Lipinski definition) is 0. The van der Waals surface area contributed by atoms with E-state index in [0.29, 0.717) is 29.6 Å². The molecule has 2 unspecified atom stereocenters. The summed E-state index contributed by atoms with van der Waals surface area (Å²) in [5.74, 6) is 2.48. The van der Waals surface area contributed by atoms with Gasteiger partial charge in [-0.1, -0.05) is 168 Å². The molecule has 0 aliphatic heterocycles. The second-order valence-electron chi connectivity index (χ2n) is 18.5. The number of benzene rings is 4. The molecule has 2 atom stereocenters. The molecule has 4 aromatic carbocycles. The minimum atomic E-state index is -0.242. The monoisotopic (exact) mass is 686 g/mol. The average Bonchev–Trinajstić information content (AvgIpc) is 3.64. The molecule has 0 heterocycles. The summed E-state index contributed by atoms with van der Waals surface area (Å²) < 4.78 is 0. The fourth-order valence-electron chi connectivity index (χ4n) is 12.1. The van der Waals surface area contributed by atoms with Gasteiger partial charge in [0.25, 0.3) is 0 Å². The number of fused-ring (bicyclic) bond motifs is 12. The first-order chi connectivity index (χ1) is 24.8. The Labute approximate surface area is 315 Å². The molecule has 0 saturated carbocycles. The van der Waals surface area contributed by atoms with Crippen LogP contribution in [0, 0.1) is 23.7 Å². The Hall–Kier alpha value is -3.64. The lowest BCUT2D eigenvalue weighted by Crippen LogP contribution is -2.42. The molecule has 270 valence electrons. The van der Waals surface area contributed by atoms with Crippen molar-refractivity contribution in [3.8, 4) is 11.1 Å². The maximum Gasteiger partial charge on any atom is 0.0474 e. The molecule has 4 aliphatic rings. The molecule has 1 spiro atoms. The molecule has 52 heavy (non-hydrogen) atoms. The molecule has 0 N–H and O–H groups in total. The van der Waals surface area contributed by atoms with E-state index in [4.69, 9.17) is 0 Å². The summed E-state index contributed by atoms with van der Waals surface area (Å²) in [5, 5.41) is 2.84. The van der Waals surface area contributed by atoms with Gasteiger partial charge in [0.2, 0.25) is 0 Å². The van der Waals surface area contributed by atoms with Crippen molar-refractivity contribution in [3.63, 3.8) is 0 Å². The molecule has 4 aliphatic carbocycles. The first kappa shape index (κ1) is 35.4. The summed E-state index contributed by atoms with van der Waals surface area (Å²) in [5.41, 5.74) is 19.5. The molecule has 4 aromatic rings. The fourth-order valence-corrected chi connectivity index (χ4v) is 12.1. The summed E-state index contributed by atoms with van der Waals surface area (Å²) >= 11 is 0. The van der Waals surface area contributed by atoms with Crippen molar-refractivity contribution in [1.29, 1.82) is 0 Å². The third kappa shape index (κ3) is 4.51. The topological polar surface area (TPSA) is 0 Å². The molecule has 0 fully saturated rings. The Morgan fingerprint density at radius 1 is 0.615 bits per heavy atom. The number of rotatable bonds is 8. The molecule has 0 heteroatoms. The third-order valence-electron chi connectivity index (χ3n) is 14.5. The highest BCUT2D eigenvalue weighted by atomic mass is 14.6. The maximum absolute atomic E-state index is 2.84. The van der Waals surface area contributed by atoms with Crippen molar-refractivity contribution in [2.24, 2.45) is 23.7 Å². The minimum Gasteiger partial charge on any atom is -0.0654 e. The zero-order chi connectivity index (χ0) is 37.1. The van der Waals surface area contributed by atoms with Crippen LogP contribution in [0.5, 0.6) is 0 Å². The van der Waals surface area contributed by atoms with Gasteiger partial charge in [-0.05, 0) is 127 Å². The predicted octanol–water partition coefficient (Wildman–Crippen LogP) is 14.7. The second-order valence-corrected chi connectivity index (χ2v) is 18.5. The van der Waals surface area contributed by atoms with Gasteiger partial charge < -0.3 is 0 Å². The standard InChI is InChI=1S/C52H62/c1-13-32(14-2)36-28-41(33(15-3)16-4)45(31(7)8)52(29-36)43-26-25-40-47(51(11,12)48-38-19-17-18-20-42(38)50(9,10)49(40)48)44(43)39-24-22-35-27-34(30(5)6)21-23-37(35)46(39)52/h17-33,45H,13-16H2,1-12H3. The summed E-state index contributed by atoms with van der Waals surface area (Å²) in [4.78, 5) is 0. The van der Waals surface area contributed by atoms with Crippen molar-refractivity contribution < 1.29 is 0 Å². The van der Waals surface area contributed by atoms with Gasteiger partial charge >= 0.3 is 0 Å². The molecule has 0 radical (unpaired) electrons. The normalized spacial score (nSPS) is 22.0. The molecule has 0 aromatic heterocycles. The van der Waals surface area contributed by atoms with E-state index in [1.165, 1.54) is 69.8 Å². The lowest BCUT2D eigenvalue weighted by molar-refractivity contribution is 0.298. The van der Waals surface area contributed by atoms with E-state index in [9.17, 15) is 0 Å². The maximum atomic E-state index is 2.84. The minimum absolute atomic E-state index is 0.0440. The zero-order valence-corrected chi connectivity index (χ0v) is 34.2. The molecular formula is C52H62. The Balaban J connectivity index is 1.53. The number of allylic oxidation sites excluding steroid dienone is 6. The molecular weight excluding hydrogens is 625 g/mol. The Kier molecular flexibility index (Phi) is 8.30. The van der Waals surface area contributed by atoms with Gasteiger partial charge in [-0.3, -0.25) is 0 Å². The second kappa shape index (κ2) is 12.2. The van der Waals surface area contributed by atoms with E-state index in [0.717, 1.165) is 0 Å². The van der Waals surface area contributed by atoms with E-state index >= 15 is 0 Å². The highest BCUT2D eigenvalue weighted by Gasteiger charge is 2.57. The van der Waals surface area contributed by atoms with Crippen LogP contribution in [0.1, 0.15) is 154 Å². The van der Waals surface area contributed by atoms with Gasteiger partial charge in [0.1, 0.15) is 0 Å². The van der Waals surface area contributed by atoms with E-state index in [2.05, 4.69) is 162 Å². The largest absolute Gasteiger partial charge is 0.0654 e.